The highest BCUT2D eigenvalue weighted by Crippen LogP contribution is 2.36. The third-order valence-electron chi connectivity index (χ3n) is 3.30. The summed E-state index contributed by atoms with van der Waals surface area (Å²) in [6, 6.07) is 7.29. The molecule has 0 saturated carbocycles. The first-order chi connectivity index (χ1) is 7.36. The van der Waals surface area contributed by atoms with Crippen LogP contribution in [0.2, 0.25) is 0 Å². The van der Waals surface area contributed by atoms with Gasteiger partial charge in [-0.05, 0) is 18.6 Å². The molecule has 0 amide bonds. The molecule has 1 aromatic rings. The number of fused-ring (bicyclic) bond motifs is 3. The highest BCUT2D eigenvalue weighted by atomic mass is 32.2. The number of para-hydroxylation sites is 1. The number of thioether (sulfide) groups is 1. The van der Waals surface area contributed by atoms with Crippen molar-refractivity contribution in [1.82, 2.24) is 0 Å². The van der Waals surface area contributed by atoms with E-state index in [4.69, 9.17) is 0 Å². The molecule has 1 aromatic carbocycles. The molecular formula is C12H16N2S. The molecule has 2 aliphatic heterocycles. The third kappa shape index (κ3) is 1.49. The molecule has 1 N–H and O–H groups in total. The number of nitrogens with zero attached hydrogens (tertiary/aromatic N) is 1. The van der Waals surface area contributed by atoms with E-state index >= 15 is 0 Å². The summed E-state index contributed by atoms with van der Waals surface area (Å²) in [5.41, 5.74) is 4.12. The summed E-state index contributed by atoms with van der Waals surface area (Å²) in [5, 5.41) is 3.58. The number of aryl methyl sites for hydroxylation is 1. The van der Waals surface area contributed by atoms with E-state index in [0.717, 1.165) is 6.54 Å². The van der Waals surface area contributed by atoms with Gasteiger partial charge in [0.2, 0.25) is 0 Å². The van der Waals surface area contributed by atoms with Crippen LogP contribution in [0, 0.1) is 6.92 Å². The first-order valence-corrected chi connectivity index (χ1v) is 6.69. The minimum absolute atomic E-state index is 0.693. The van der Waals surface area contributed by atoms with Gasteiger partial charge in [0.15, 0.2) is 0 Å². The monoisotopic (exact) mass is 220 g/mol. The van der Waals surface area contributed by atoms with E-state index in [0.29, 0.717) is 6.04 Å². The van der Waals surface area contributed by atoms with Gasteiger partial charge in [0.25, 0.3) is 0 Å². The highest BCUT2D eigenvalue weighted by molar-refractivity contribution is 7.99. The highest BCUT2D eigenvalue weighted by Gasteiger charge is 2.28. The maximum atomic E-state index is 3.58. The van der Waals surface area contributed by atoms with E-state index < -0.39 is 0 Å². The molecule has 80 valence electrons. The summed E-state index contributed by atoms with van der Waals surface area (Å²) < 4.78 is 0. The molecule has 3 heteroatoms. The fraction of sp³-hybridized carbons (Fsp3) is 0.500. The average molecular weight is 220 g/mol. The summed E-state index contributed by atoms with van der Waals surface area (Å²) >= 11 is 2.08. The van der Waals surface area contributed by atoms with Gasteiger partial charge in [0.1, 0.15) is 0 Å². The van der Waals surface area contributed by atoms with Crippen molar-refractivity contribution in [1.29, 1.82) is 0 Å². The Balaban J connectivity index is 2.03. The summed E-state index contributed by atoms with van der Waals surface area (Å²) in [6.07, 6.45) is 0. The van der Waals surface area contributed by atoms with Crippen LogP contribution in [0.4, 0.5) is 11.4 Å². The Kier molecular flexibility index (Phi) is 2.28. The molecule has 0 aromatic heterocycles. The molecule has 0 radical (unpaired) electrons. The normalized spacial score (nSPS) is 24.1. The van der Waals surface area contributed by atoms with Gasteiger partial charge in [-0.25, -0.2) is 0 Å². The SMILES string of the molecule is Cc1cccc2c1NCC1CSCCN21. The van der Waals surface area contributed by atoms with E-state index in [1.165, 1.54) is 35.0 Å². The van der Waals surface area contributed by atoms with Crippen molar-refractivity contribution >= 4 is 23.1 Å². The summed E-state index contributed by atoms with van der Waals surface area (Å²) in [7, 11) is 0. The predicted molar refractivity (Wildman–Crippen MR) is 68.1 cm³/mol. The van der Waals surface area contributed by atoms with Crippen molar-refractivity contribution in [3.63, 3.8) is 0 Å². The Hall–Kier alpha value is -0.830. The van der Waals surface area contributed by atoms with Gasteiger partial charge in [-0.3, -0.25) is 0 Å². The number of benzene rings is 1. The molecular weight excluding hydrogens is 204 g/mol. The van der Waals surface area contributed by atoms with Crippen molar-refractivity contribution in [3.05, 3.63) is 23.8 Å². The van der Waals surface area contributed by atoms with E-state index in [1.807, 2.05) is 0 Å². The zero-order valence-electron chi connectivity index (χ0n) is 8.99. The Labute approximate surface area is 95.0 Å². The molecule has 0 bridgehead atoms. The molecule has 1 atom stereocenters. The van der Waals surface area contributed by atoms with Gasteiger partial charge in [-0.15, -0.1) is 0 Å². The van der Waals surface area contributed by atoms with Crippen LogP contribution < -0.4 is 10.2 Å². The lowest BCUT2D eigenvalue weighted by molar-refractivity contribution is 0.656. The summed E-state index contributed by atoms with van der Waals surface area (Å²) in [6.45, 7) is 4.49. The second-order valence-electron chi connectivity index (χ2n) is 4.27. The lowest BCUT2D eigenvalue weighted by atomic mass is 10.1. The first kappa shape index (κ1) is 9.40. The van der Waals surface area contributed by atoms with E-state index in [-0.39, 0.29) is 0 Å². The summed E-state index contributed by atoms with van der Waals surface area (Å²) in [4.78, 5) is 2.58. The quantitative estimate of drug-likeness (QED) is 0.722. The number of rotatable bonds is 0. The predicted octanol–water partition coefficient (Wildman–Crippen LogP) is 2.34. The van der Waals surface area contributed by atoms with Crippen LogP contribution in [0.15, 0.2) is 18.2 Å². The second kappa shape index (κ2) is 3.63. The zero-order valence-corrected chi connectivity index (χ0v) is 9.81. The number of nitrogens with one attached hydrogen (secondary N) is 1. The molecule has 15 heavy (non-hydrogen) atoms. The maximum absolute atomic E-state index is 3.58. The lowest BCUT2D eigenvalue weighted by Crippen LogP contribution is -2.49. The number of anilines is 2. The van der Waals surface area contributed by atoms with Crippen LogP contribution in [0.1, 0.15) is 5.56 Å². The van der Waals surface area contributed by atoms with E-state index in [2.05, 4.69) is 47.1 Å². The number of hydrogen-bond donors (Lipinski definition) is 1. The molecule has 2 aliphatic rings. The smallest absolute Gasteiger partial charge is 0.0608 e. The minimum atomic E-state index is 0.693. The van der Waals surface area contributed by atoms with Crippen LogP contribution >= 0.6 is 11.8 Å². The fourth-order valence-corrected chi connectivity index (χ4v) is 3.54. The molecule has 2 nitrogen and oxygen atoms in total. The van der Waals surface area contributed by atoms with Crippen molar-refractivity contribution in [2.45, 2.75) is 13.0 Å². The largest absolute Gasteiger partial charge is 0.381 e. The Morgan fingerprint density at radius 3 is 3.33 bits per heavy atom. The Bertz CT molecular complexity index is 378. The first-order valence-electron chi connectivity index (χ1n) is 5.54. The van der Waals surface area contributed by atoms with Gasteiger partial charge in [0.05, 0.1) is 17.4 Å². The molecule has 1 fully saturated rings. The molecule has 0 spiro atoms. The Morgan fingerprint density at radius 2 is 2.40 bits per heavy atom. The molecule has 0 aliphatic carbocycles. The van der Waals surface area contributed by atoms with E-state index in [1.54, 1.807) is 0 Å². The van der Waals surface area contributed by atoms with Crippen molar-refractivity contribution in [2.24, 2.45) is 0 Å². The van der Waals surface area contributed by atoms with Crippen molar-refractivity contribution < 1.29 is 0 Å². The van der Waals surface area contributed by atoms with Gasteiger partial charge in [-0.1, -0.05) is 12.1 Å². The topological polar surface area (TPSA) is 15.3 Å². The van der Waals surface area contributed by atoms with Gasteiger partial charge in [-0.2, -0.15) is 11.8 Å². The fourth-order valence-electron chi connectivity index (χ4n) is 2.48. The second-order valence-corrected chi connectivity index (χ2v) is 5.42. The molecule has 2 heterocycles. The molecule has 1 unspecified atom stereocenters. The van der Waals surface area contributed by atoms with Crippen LogP contribution in [0.5, 0.6) is 0 Å². The number of hydrogen-bond acceptors (Lipinski definition) is 3. The van der Waals surface area contributed by atoms with Gasteiger partial charge in [0, 0.05) is 24.6 Å². The van der Waals surface area contributed by atoms with Gasteiger partial charge < -0.3 is 10.2 Å². The molecule has 1 saturated heterocycles. The van der Waals surface area contributed by atoms with Crippen LogP contribution in [0.3, 0.4) is 0 Å². The van der Waals surface area contributed by atoms with Crippen LogP contribution in [0.25, 0.3) is 0 Å². The minimum Gasteiger partial charge on any atom is -0.381 e. The zero-order chi connectivity index (χ0) is 10.3. The Morgan fingerprint density at radius 1 is 1.47 bits per heavy atom. The average Bonchev–Trinajstić information content (AvgIpc) is 2.29. The van der Waals surface area contributed by atoms with Crippen molar-refractivity contribution in [3.8, 4) is 0 Å². The maximum Gasteiger partial charge on any atom is 0.0608 e. The third-order valence-corrected chi connectivity index (χ3v) is 4.39. The lowest BCUT2D eigenvalue weighted by Gasteiger charge is -2.42. The van der Waals surface area contributed by atoms with Crippen LogP contribution in [-0.2, 0) is 0 Å². The van der Waals surface area contributed by atoms with E-state index in [9.17, 15) is 0 Å². The standard InChI is InChI=1S/C12H16N2S/c1-9-3-2-4-11-12(9)13-7-10-8-15-6-5-14(10)11/h2-4,10,13H,5-8H2,1H3. The van der Waals surface area contributed by atoms with Crippen molar-refractivity contribution in [2.75, 3.05) is 34.8 Å². The van der Waals surface area contributed by atoms with Gasteiger partial charge >= 0.3 is 0 Å². The molecule has 3 rings (SSSR count). The summed E-state index contributed by atoms with van der Waals surface area (Å²) in [5.74, 6) is 2.53. The van der Waals surface area contributed by atoms with Crippen LogP contribution in [-0.4, -0.2) is 30.6 Å².